The first kappa shape index (κ1) is 6.35. The van der Waals surface area contributed by atoms with E-state index in [-0.39, 0.29) is 5.04 Å². The van der Waals surface area contributed by atoms with Crippen molar-refractivity contribution in [1.82, 2.24) is 0 Å². The van der Waals surface area contributed by atoms with Crippen molar-refractivity contribution in [3.8, 4) is 0 Å². The minimum atomic E-state index is -0.940. The van der Waals surface area contributed by atoms with E-state index < -0.39 is 5.97 Å². The number of thioether (sulfide) groups is 1. The van der Waals surface area contributed by atoms with Crippen LogP contribution in [0, 0.1) is 0 Å². The average molecular weight is 143 g/mol. The fourth-order valence-corrected chi connectivity index (χ4v) is 1.04. The standard InChI is InChI=1S/C5H5NO2S/c7-5(8)4-6-2-1-3-9-4/h1-2H,3H2,(H,7,8). The van der Waals surface area contributed by atoms with Gasteiger partial charge in [-0.15, -0.1) is 0 Å². The third-order valence-corrected chi connectivity index (χ3v) is 1.71. The number of carboxylic acids is 1. The molecule has 0 saturated heterocycles. The summed E-state index contributed by atoms with van der Waals surface area (Å²) in [6.07, 6.45) is 3.33. The average Bonchev–Trinajstić information content (AvgIpc) is 1.90. The van der Waals surface area contributed by atoms with Gasteiger partial charge in [-0.05, 0) is 0 Å². The summed E-state index contributed by atoms with van der Waals surface area (Å²) in [5, 5.41) is 8.53. The number of hydrogen-bond acceptors (Lipinski definition) is 3. The van der Waals surface area contributed by atoms with Gasteiger partial charge in [0.25, 0.3) is 0 Å². The van der Waals surface area contributed by atoms with E-state index in [0.717, 1.165) is 0 Å². The van der Waals surface area contributed by atoms with E-state index in [1.807, 2.05) is 6.08 Å². The molecule has 0 amide bonds. The maximum atomic E-state index is 10.2. The molecule has 0 unspecified atom stereocenters. The molecular formula is C5H5NO2S. The van der Waals surface area contributed by atoms with Gasteiger partial charge in [0.2, 0.25) is 0 Å². The van der Waals surface area contributed by atoms with Gasteiger partial charge in [-0.25, -0.2) is 9.79 Å². The quantitative estimate of drug-likeness (QED) is 0.588. The lowest BCUT2D eigenvalue weighted by atomic mass is 10.6. The molecule has 1 N–H and O–H groups in total. The van der Waals surface area contributed by atoms with Crippen molar-refractivity contribution < 1.29 is 9.90 Å². The highest BCUT2D eigenvalue weighted by molar-refractivity contribution is 8.15. The molecule has 0 aromatic rings. The van der Waals surface area contributed by atoms with Gasteiger partial charge in [0, 0.05) is 12.0 Å². The van der Waals surface area contributed by atoms with Crippen LogP contribution >= 0.6 is 11.8 Å². The van der Waals surface area contributed by atoms with Gasteiger partial charge < -0.3 is 5.11 Å². The van der Waals surface area contributed by atoms with Crippen LogP contribution in [0.4, 0.5) is 0 Å². The molecule has 0 fully saturated rings. The van der Waals surface area contributed by atoms with Crippen molar-refractivity contribution >= 4 is 22.8 Å². The Labute approximate surface area is 56.5 Å². The maximum Gasteiger partial charge on any atom is 0.361 e. The predicted molar refractivity (Wildman–Crippen MR) is 36.7 cm³/mol. The summed E-state index contributed by atoms with van der Waals surface area (Å²) >= 11 is 1.23. The lowest BCUT2D eigenvalue weighted by molar-refractivity contribution is -0.129. The highest BCUT2D eigenvalue weighted by Crippen LogP contribution is 2.09. The minimum absolute atomic E-state index is 0.178. The number of carbonyl (C=O) groups is 1. The molecule has 1 rings (SSSR count). The summed E-state index contributed by atoms with van der Waals surface area (Å²) in [5.41, 5.74) is 0. The minimum Gasteiger partial charge on any atom is -0.476 e. The Morgan fingerprint density at radius 3 is 3.00 bits per heavy atom. The lowest BCUT2D eigenvalue weighted by Crippen LogP contribution is -2.09. The van der Waals surface area contributed by atoms with Crippen molar-refractivity contribution in [2.75, 3.05) is 5.75 Å². The number of rotatable bonds is 1. The third kappa shape index (κ3) is 1.57. The Morgan fingerprint density at radius 2 is 2.67 bits per heavy atom. The fourth-order valence-electron chi connectivity index (χ4n) is 0.445. The number of hydrogen-bond donors (Lipinski definition) is 1. The van der Waals surface area contributed by atoms with Gasteiger partial charge in [0.1, 0.15) is 0 Å². The van der Waals surface area contributed by atoms with Gasteiger partial charge in [-0.1, -0.05) is 17.8 Å². The second-order valence-corrected chi connectivity index (χ2v) is 2.44. The van der Waals surface area contributed by atoms with Crippen LogP contribution in [-0.4, -0.2) is 21.9 Å². The molecule has 3 nitrogen and oxygen atoms in total. The molecule has 48 valence electrons. The van der Waals surface area contributed by atoms with Crippen LogP contribution in [0.5, 0.6) is 0 Å². The van der Waals surface area contributed by atoms with Crippen LogP contribution in [0.25, 0.3) is 0 Å². The van der Waals surface area contributed by atoms with Crippen molar-refractivity contribution in [2.24, 2.45) is 4.99 Å². The summed E-state index contributed by atoms with van der Waals surface area (Å²) < 4.78 is 0. The van der Waals surface area contributed by atoms with E-state index in [0.29, 0.717) is 5.75 Å². The Morgan fingerprint density at radius 1 is 1.89 bits per heavy atom. The fraction of sp³-hybridized carbons (Fsp3) is 0.200. The normalized spacial score (nSPS) is 17.1. The topological polar surface area (TPSA) is 49.7 Å². The summed E-state index contributed by atoms with van der Waals surface area (Å²) in [6, 6.07) is 0. The number of aliphatic imine (C=N–C) groups is 1. The van der Waals surface area contributed by atoms with Crippen LogP contribution in [0.3, 0.4) is 0 Å². The van der Waals surface area contributed by atoms with E-state index in [9.17, 15) is 4.79 Å². The summed E-state index contributed by atoms with van der Waals surface area (Å²) in [4.78, 5) is 13.8. The van der Waals surface area contributed by atoms with Crippen molar-refractivity contribution in [3.63, 3.8) is 0 Å². The molecule has 0 bridgehead atoms. The molecule has 0 spiro atoms. The van der Waals surface area contributed by atoms with E-state index in [2.05, 4.69) is 4.99 Å². The largest absolute Gasteiger partial charge is 0.476 e. The van der Waals surface area contributed by atoms with E-state index in [1.54, 1.807) is 0 Å². The smallest absolute Gasteiger partial charge is 0.361 e. The second kappa shape index (κ2) is 2.68. The first-order valence-corrected chi connectivity index (χ1v) is 3.38. The molecule has 1 heterocycles. The van der Waals surface area contributed by atoms with E-state index in [1.165, 1.54) is 18.0 Å². The molecule has 0 aliphatic carbocycles. The predicted octanol–water partition coefficient (Wildman–Crippen LogP) is 0.730. The Bertz CT molecular complexity index is 185. The van der Waals surface area contributed by atoms with Crippen molar-refractivity contribution in [1.29, 1.82) is 0 Å². The van der Waals surface area contributed by atoms with Gasteiger partial charge in [-0.3, -0.25) is 0 Å². The van der Waals surface area contributed by atoms with Crippen molar-refractivity contribution in [2.45, 2.75) is 0 Å². The molecule has 0 atom stereocenters. The highest BCUT2D eigenvalue weighted by Gasteiger charge is 2.09. The molecule has 1 aliphatic heterocycles. The van der Waals surface area contributed by atoms with Gasteiger partial charge in [-0.2, -0.15) is 0 Å². The lowest BCUT2D eigenvalue weighted by Gasteiger charge is -1.99. The van der Waals surface area contributed by atoms with Crippen LogP contribution in [0.2, 0.25) is 0 Å². The SMILES string of the molecule is O=C(O)C1=NC=CCS1. The number of aliphatic carboxylic acids is 1. The summed E-state index contributed by atoms with van der Waals surface area (Å²) in [5.74, 6) is -0.227. The van der Waals surface area contributed by atoms with E-state index >= 15 is 0 Å². The number of nitrogens with zero attached hydrogens (tertiary/aromatic N) is 1. The molecular weight excluding hydrogens is 138 g/mol. The van der Waals surface area contributed by atoms with Crippen LogP contribution in [-0.2, 0) is 4.79 Å². The first-order chi connectivity index (χ1) is 4.30. The number of carboxylic acid groups (broad SMARTS) is 1. The van der Waals surface area contributed by atoms with Crippen LogP contribution < -0.4 is 0 Å². The first-order valence-electron chi connectivity index (χ1n) is 2.39. The maximum absolute atomic E-state index is 10.2. The highest BCUT2D eigenvalue weighted by atomic mass is 32.2. The van der Waals surface area contributed by atoms with Crippen LogP contribution in [0.1, 0.15) is 0 Å². The molecule has 0 aromatic heterocycles. The Hall–Kier alpha value is -0.770. The molecule has 0 saturated carbocycles. The zero-order valence-corrected chi connectivity index (χ0v) is 5.39. The second-order valence-electron chi connectivity index (χ2n) is 1.44. The zero-order valence-electron chi connectivity index (χ0n) is 4.57. The van der Waals surface area contributed by atoms with Crippen molar-refractivity contribution in [3.05, 3.63) is 12.3 Å². The van der Waals surface area contributed by atoms with Gasteiger partial charge in [0.05, 0.1) is 0 Å². The molecule has 1 aliphatic rings. The Kier molecular flexibility index (Phi) is 1.89. The molecule has 0 radical (unpaired) electrons. The summed E-state index contributed by atoms with van der Waals surface area (Å²) in [6.45, 7) is 0. The molecule has 9 heavy (non-hydrogen) atoms. The Balaban J connectivity index is 2.68. The molecule has 4 heteroatoms. The zero-order chi connectivity index (χ0) is 6.69. The van der Waals surface area contributed by atoms with Crippen LogP contribution in [0.15, 0.2) is 17.3 Å². The van der Waals surface area contributed by atoms with E-state index in [4.69, 9.17) is 5.11 Å². The van der Waals surface area contributed by atoms with Gasteiger partial charge >= 0.3 is 5.97 Å². The summed E-state index contributed by atoms with van der Waals surface area (Å²) in [7, 11) is 0. The van der Waals surface area contributed by atoms with Gasteiger partial charge in [0.15, 0.2) is 5.04 Å². The third-order valence-electron chi connectivity index (χ3n) is 0.796. The monoisotopic (exact) mass is 143 g/mol. The molecule has 0 aromatic carbocycles.